The van der Waals surface area contributed by atoms with Gasteiger partial charge in [0.2, 0.25) is 0 Å². The van der Waals surface area contributed by atoms with Crippen LogP contribution in [0.5, 0.6) is 0 Å². The second kappa shape index (κ2) is 14.1. The van der Waals surface area contributed by atoms with E-state index in [0.717, 1.165) is 58.3 Å². The Morgan fingerprint density at radius 3 is 1.65 bits per heavy atom. The highest BCUT2D eigenvalue weighted by Gasteiger charge is 2.14. The molecule has 4 nitrogen and oxygen atoms in total. The lowest BCUT2D eigenvalue weighted by atomic mass is 10.3. The van der Waals surface area contributed by atoms with Gasteiger partial charge in [0.15, 0.2) is 0 Å². The van der Waals surface area contributed by atoms with Crippen molar-refractivity contribution < 1.29 is 13.3 Å². The molecule has 0 atom stereocenters. The van der Waals surface area contributed by atoms with Crippen LogP contribution in [0.2, 0.25) is 0 Å². The van der Waals surface area contributed by atoms with Gasteiger partial charge in [0.25, 0.3) is 0 Å². The predicted molar refractivity (Wildman–Crippen MR) is 73.1 cm³/mol. The third-order valence-electron chi connectivity index (χ3n) is 2.36. The topological polar surface area (TPSA) is 53.7 Å². The van der Waals surface area contributed by atoms with Crippen LogP contribution in [0.15, 0.2) is 0 Å². The van der Waals surface area contributed by atoms with E-state index in [4.69, 9.17) is 19.0 Å². The Balaban J connectivity index is 3.60. The molecule has 0 radical (unpaired) electrons. The smallest absolute Gasteiger partial charge is 0.376 e. The molecule has 0 unspecified atom stereocenters. The van der Waals surface area contributed by atoms with E-state index in [0.29, 0.717) is 6.61 Å². The standard InChI is InChI=1S/C12H29NO3Si/c1-3-5-10-14-17(15-11-6-4-2)16-12-8-7-9-13/h17H,3-13H2,1-2H3. The molecule has 0 saturated heterocycles. The van der Waals surface area contributed by atoms with Gasteiger partial charge in [0, 0.05) is 19.8 Å². The zero-order chi connectivity index (χ0) is 12.8. The van der Waals surface area contributed by atoms with E-state index in [1.54, 1.807) is 0 Å². The first kappa shape index (κ1) is 17.1. The zero-order valence-corrected chi connectivity index (χ0v) is 12.6. The van der Waals surface area contributed by atoms with Gasteiger partial charge < -0.3 is 19.0 Å². The third-order valence-corrected chi connectivity index (χ3v) is 3.88. The van der Waals surface area contributed by atoms with Gasteiger partial charge in [-0.2, -0.15) is 0 Å². The average Bonchev–Trinajstić information content (AvgIpc) is 2.34. The quantitative estimate of drug-likeness (QED) is 0.408. The van der Waals surface area contributed by atoms with Crippen molar-refractivity contribution in [2.45, 2.75) is 52.4 Å². The predicted octanol–water partition coefficient (Wildman–Crippen LogP) is 2.09. The van der Waals surface area contributed by atoms with Crippen molar-refractivity contribution in [2.75, 3.05) is 26.4 Å². The fraction of sp³-hybridized carbons (Fsp3) is 1.00. The molecule has 17 heavy (non-hydrogen) atoms. The van der Waals surface area contributed by atoms with Crippen molar-refractivity contribution in [1.82, 2.24) is 0 Å². The number of hydrogen-bond donors (Lipinski definition) is 1. The molecular formula is C12H29NO3Si. The maximum absolute atomic E-state index is 5.68. The molecule has 0 rings (SSSR count). The molecule has 0 heterocycles. The van der Waals surface area contributed by atoms with Gasteiger partial charge in [-0.1, -0.05) is 26.7 Å². The second-order valence-corrected chi connectivity index (χ2v) is 5.68. The molecule has 0 aliphatic rings. The molecule has 5 heteroatoms. The summed E-state index contributed by atoms with van der Waals surface area (Å²) in [4.78, 5) is 0. The lowest BCUT2D eigenvalue weighted by molar-refractivity contribution is 0.0897. The molecular weight excluding hydrogens is 234 g/mol. The summed E-state index contributed by atoms with van der Waals surface area (Å²) in [5.74, 6) is 0. The molecule has 0 amide bonds. The summed E-state index contributed by atoms with van der Waals surface area (Å²) in [6, 6.07) is 0. The summed E-state index contributed by atoms with van der Waals surface area (Å²) in [6.45, 7) is 7.27. The van der Waals surface area contributed by atoms with E-state index < -0.39 is 9.53 Å². The van der Waals surface area contributed by atoms with Gasteiger partial charge in [-0.15, -0.1) is 0 Å². The Bertz CT molecular complexity index is 140. The first-order valence-electron chi connectivity index (χ1n) is 6.90. The minimum atomic E-state index is -1.88. The summed E-state index contributed by atoms with van der Waals surface area (Å²) in [5.41, 5.74) is 5.44. The zero-order valence-electron chi connectivity index (χ0n) is 11.5. The van der Waals surface area contributed by atoms with Gasteiger partial charge >= 0.3 is 9.53 Å². The summed E-state index contributed by atoms with van der Waals surface area (Å²) in [7, 11) is -1.88. The van der Waals surface area contributed by atoms with Crippen LogP contribution >= 0.6 is 0 Å². The lowest BCUT2D eigenvalue weighted by Gasteiger charge is -2.16. The van der Waals surface area contributed by atoms with E-state index in [2.05, 4.69) is 13.8 Å². The van der Waals surface area contributed by atoms with Crippen molar-refractivity contribution in [3.63, 3.8) is 0 Å². The largest absolute Gasteiger partial charge is 0.484 e. The Labute approximate surface area is 108 Å². The van der Waals surface area contributed by atoms with Gasteiger partial charge in [0.05, 0.1) is 0 Å². The van der Waals surface area contributed by atoms with Crippen LogP contribution in [0, 0.1) is 0 Å². The molecule has 0 aromatic heterocycles. The van der Waals surface area contributed by atoms with Crippen LogP contribution < -0.4 is 5.73 Å². The van der Waals surface area contributed by atoms with E-state index in [9.17, 15) is 0 Å². The molecule has 104 valence electrons. The Hall–Kier alpha value is 0.0569. The fourth-order valence-electron chi connectivity index (χ4n) is 1.22. The second-order valence-electron chi connectivity index (χ2n) is 4.10. The van der Waals surface area contributed by atoms with E-state index in [1.165, 1.54) is 0 Å². The van der Waals surface area contributed by atoms with Gasteiger partial charge in [-0.25, -0.2) is 0 Å². The molecule has 2 N–H and O–H groups in total. The van der Waals surface area contributed by atoms with Crippen molar-refractivity contribution in [1.29, 1.82) is 0 Å². The summed E-state index contributed by atoms with van der Waals surface area (Å²) in [6.07, 6.45) is 6.44. The monoisotopic (exact) mass is 263 g/mol. The molecule has 0 fully saturated rings. The van der Waals surface area contributed by atoms with Crippen LogP contribution in [-0.2, 0) is 13.3 Å². The van der Waals surface area contributed by atoms with Crippen molar-refractivity contribution in [3.8, 4) is 0 Å². The molecule has 0 aliphatic heterocycles. The van der Waals surface area contributed by atoms with Crippen molar-refractivity contribution in [3.05, 3.63) is 0 Å². The van der Waals surface area contributed by atoms with Gasteiger partial charge in [-0.05, 0) is 32.2 Å². The van der Waals surface area contributed by atoms with E-state index in [-0.39, 0.29) is 0 Å². The van der Waals surface area contributed by atoms with Gasteiger partial charge in [-0.3, -0.25) is 0 Å². The number of unbranched alkanes of at least 4 members (excludes halogenated alkanes) is 3. The van der Waals surface area contributed by atoms with E-state index in [1.807, 2.05) is 0 Å². The maximum atomic E-state index is 5.68. The van der Waals surface area contributed by atoms with Crippen LogP contribution in [0.3, 0.4) is 0 Å². The third kappa shape index (κ3) is 12.3. The van der Waals surface area contributed by atoms with Crippen molar-refractivity contribution in [2.24, 2.45) is 5.73 Å². The first-order valence-corrected chi connectivity index (χ1v) is 8.31. The molecule has 0 aromatic carbocycles. The Kier molecular flexibility index (Phi) is 14.2. The lowest BCUT2D eigenvalue weighted by Crippen LogP contribution is -2.28. The molecule has 0 bridgehead atoms. The van der Waals surface area contributed by atoms with Crippen molar-refractivity contribution >= 4 is 9.53 Å². The highest BCUT2D eigenvalue weighted by molar-refractivity contribution is 6.36. The average molecular weight is 263 g/mol. The summed E-state index contributed by atoms with van der Waals surface area (Å²) < 4.78 is 17.0. The normalized spacial score (nSPS) is 11.3. The number of nitrogens with two attached hydrogens (primary N) is 1. The highest BCUT2D eigenvalue weighted by atomic mass is 28.3. The number of rotatable bonds is 13. The van der Waals surface area contributed by atoms with Crippen LogP contribution in [0.1, 0.15) is 52.4 Å². The number of hydrogen-bond acceptors (Lipinski definition) is 4. The molecule has 0 saturated carbocycles. The minimum Gasteiger partial charge on any atom is -0.376 e. The first-order chi connectivity index (χ1) is 8.35. The summed E-state index contributed by atoms with van der Waals surface area (Å²) in [5, 5.41) is 0. The van der Waals surface area contributed by atoms with Gasteiger partial charge in [0.1, 0.15) is 0 Å². The highest BCUT2D eigenvalue weighted by Crippen LogP contribution is 2.00. The SMILES string of the molecule is CCCCO[SiH](OCCCC)OCCCCN. The Morgan fingerprint density at radius 1 is 0.765 bits per heavy atom. The maximum Gasteiger partial charge on any atom is 0.484 e. The van der Waals surface area contributed by atoms with Crippen LogP contribution in [-0.4, -0.2) is 35.9 Å². The van der Waals surface area contributed by atoms with E-state index >= 15 is 0 Å². The molecule has 0 spiro atoms. The fourth-order valence-corrected chi connectivity index (χ4v) is 2.58. The minimum absolute atomic E-state index is 0.715. The van der Waals surface area contributed by atoms with Crippen LogP contribution in [0.4, 0.5) is 0 Å². The summed E-state index contributed by atoms with van der Waals surface area (Å²) >= 11 is 0. The Morgan fingerprint density at radius 2 is 1.24 bits per heavy atom. The molecule has 0 aliphatic carbocycles. The molecule has 0 aromatic rings. The van der Waals surface area contributed by atoms with Crippen LogP contribution in [0.25, 0.3) is 0 Å².